The van der Waals surface area contributed by atoms with Crippen molar-refractivity contribution in [2.45, 2.75) is 5.92 Å². The van der Waals surface area contributed by atoms with Gasteiger partial charge in [0.15, 0.2) is 0 Å². The summed E-state index contributed by atoms with van der Waals surface area (Å²) in [5.74, 6) is -3.94. The second-order valence-electron chi connectivity index (χ2n) is 6.67. The molecule has 0 fully saturated rings. The van der Waals surface area contributed by atoms with Crippen LogP contribution in [-0.4, -0.2) is 30.6 Å². The van der Waals surface area contributed by atoms with Crippen molar-refractivity contribution in [3.8, 4) is 6.07 Å². The lowest BCUT2D eigenvalue weighted by atomic mass is 9.78. The summed E-state index contributed by atoms with van der Waals surface area (Å²) in [5, 5.41) is 15.8. The number of allylic oxidation sites excluding steroid dienone is 1. The predicted octanol–water partition coefficient (Wildman–Crippen LogP) is 4.10. The molecule has 0 bridgehead atoms. The molecule has 2 amide bonds. The standard InChI is InChI=1S/C22H17Cl2N3O4S/c1-31-22(30)18-17(12-6-3-2-4-7-12)13(10-25)21(27-20(18)29)32-11-16(28)26-15-9-5-8-14(23)19(15)24/h2-9,17-18H,11H2,1H3,(H,26,28)(H,27,29)/t17-,18+/m1/s1. The molecule has 7 nitrogen and oxygen atoms in total. The van der Waals surface area contributed by atoms with Crippen LogP contribution < -0.4 is 10.6 Å². The van der Waals surface area contributed by atoms with Crippen LogP contribution in [0.25, 0.3) is 0 Å². The van der Waals surface area contributed by atoms with Crippen LogP contribution in [0.4, 0.5) is 5.69 Å². The first-order chi connectivity index (χ1) is 15.4. The summed E-state index contributed by atoms with van der Waals surface area (Å²) in [6.45, 7) is 0. The Balaban J connectivity index is 1.87. The highest BCUT2D eigenvalue weighted by atomic mass is 35.5. The number of hydrogen-bond donors (Lipinski definition) is 2. The number of benzene rings is 2. The Morgan fingerprint density at radius 3 is 2.56 bits per heavy atom. The molecule has 0 spiro atoms. The normalized spacial score (nSPS) is 17.9. The molecule has 32 heavy (non-hydrogen) atoms. The second-order valence-corrected chi connectivity index (χ2v) is 8.44. The van der Waals surface area contributed by atoms with Gasteiger partial charge in [-0.25, -0.2) is 0 Å². The zero-order valence-electron chi connectivity index (χ0n) is 16.7. The third-order valence-corrected chi connectivity index (χ3v) is 6.55. The fourth-order valence-corrected chi connectivity index (χ4v) is 4.46. The Hall–Kier alpha value is -2.99. The summed E-state index contributed by atoms with van der Waals surface area (Å²) >= 11 is 13.0. The quantitative estimate of drug-likeness (QED) is 0.466. The molecule has 2 aromatic carbocycles. The van der Waals surface area contributed by atoms with Gasteiger partial charge in [-0.15, -0.1) is 0 Å². The zero-order chi connectivity index (χ0) is 23.3. The molecule has 164 valence electrons. The monoisotopic (exact) mass is 489 g/mol. The predicted molar refractivity (Wildman–Crippen MR) is 123 cm³/mol. The Morgan fingerprint density at radius 2 is 1.91 bits per heavy atom. The van der Waals surface area contributed by atoms with Gasteiger partial charge in [0.05, 0.1) is 45.3 Å². The summed E-state index contributed by atoms with van der Waals surface area (Å²) in [7, 11) is 1.18. The first kappa shape index (κ1) is 23.7. The van der Waals surface area contributed by atoms with Gasteiger partial charge in [0.2, 0.25) is 11.8 Å². The molecule has 0 saturated carbocycles. The molecule has 1 aliphatic rings. The number of carbonyl (C=O) groups is 3. The van der Waals surface area contributed by atoms with Crippen LogP contribution in [0.2, 0.25) is 10.0 Å². The fraction of sp³-hybridized carbons (Fsp3) is 0.182. The summed E-state index contributed by atoms with van der Waals surface area (Å²) < 4.78 is 4.80. The topological polar surface area (TPSA) is 108 Å². The minimum atomic E-state index is -1.22. The number of thioether (sulfide) groups is 1. The Morgan fingerprint density at radius 1 is 1.19 bits per heavy atom. The van der Waals surface area contributed by atoms with Gasteiger partial charge in [-0.05, 0) is 17.7 Å². The van der Waals surface area contributed by atoms with Crippen LogP contribution in [0.5, 0.6) is 0 Å². The summed E-state index contributed by atoms with van der Waals surface area (Å²) in [5.41, 5.74) is 1.13. The van der Waals surface area contributed by atoms with E-state index < -0.39 is 29.6 Å². The molecule has 0 saturated heterocycles. The molecule has 10 heteroatoms. The van der Waals surface area contributed by atoms with Crippen molar-refractivity contribution in [1.82, 2.24) is 5.32 Å². The highest BCUT2D eigenvalue weighted by Gasteiger charge is 2.44. The average Bonchev–Trinajstić information content (AvgIpc) is 2.80. The van der Waals surface area contributed by atoms with Crippen molar-refractivity contribution in [3.05, 3.63) is 74.7 Å². The van der Waals surface area contributed by atoms with Crippen LogP contribution in [0, 0.1) is 17.2 Å². The number of hydrogen-bond acceptors (Lipinski definition) is 6. The minimum Gasteiger partial charge on any atom is -0.468 e. The number of nitrogens with zero attached hydrogens (tertiary/aromatic N) is 1. The van der Waals surface area contributed by atoms with Crippen LogP contribution in [0.3, 0.4) is 0 Å². The lowest BCUT2D eigenvalue weighted by Gasteiger charge is -2.30. The molecule has 2 aromatic rings. The van der Waals surface area contributed by atoms with E-state index in [9.17, 15) is 19.6 Å². The molecule has 1 aliphatic heterocycles. The number of halogens is 2. The third kappa shape index (κ3) is 5.07. The van der Waals surface area contributed by atoms with E-state index in [1.807, 2.05) is 0 Å². The van der Waals surface area contributed by atoms with Crippen LogP contribution in [-0.2, 0) is 19.1 Å². The van der Waals surface area contributed by atoms with Crippen molar-refractivity contribution in [2.24, 2.45) is 5.92 Å². The van der Waals surface area contributed by atoms with Gasteiger partial charge in [0, 0.05) is 5.92 Å². The van der Waals surface area contributed by atoms with Gasteiger partial charge >= 0.3 is 5.97 Å². The number of esters is 1. The summed E-state index contributed by atoms with van der Waals surface area (Å²) in [6.07, 6.45) is 0. The molecule has 0 aliphatic carbocycles. The maximum absolute atomic E-state index is 12.8. The molecule has 0 unspecified atom stereocenters. The van der Waals surface area contributed by atoms with Crippen molar-refractivity contribution in [2.75, 3.05) is 18.2 Å². The molecule has 0 aromatic heterocycles. The van der Waals surface area contributed by atoms with E-state index in [-0.39, 0.29) is 21.4 Å². The van der Waals surface area contributed by atoms with Crippen LogP contribution >= 0.6 is 35.0 Å². The van der Waals surface area contributed by atoms with Crippen molar-refractivity contribution >= 4 is 58.4 Å². The molecule has 1 heterocycles. The number of ether oxygens (including phenoxy) is 1. The van der Waals surface area contributed by atoms with Gasteiger partial charge < -0.3 is 15.4 Å². The van der Waals surface area contributed by atoms with E-state index in [1.165, 1.54) is 7.11 Å². The molecular weight excluding hydrogens is 473 g/mol. The minimum absolute atomic E-state index is 0.117. The second kappa shape index (κ2) is 10.6. The zero-order valence-corrected chi connectivity index (χ0v) is 19.1. The molecule has 2 N–H and O–H groups in total. The van der Waals surface area contributed by atoms with Crippen LogP contribution in [0.15, 0.2) is 59.1 Å². The maximum Gasteiger partial charge on any atom is 0.319 e. The average molecular weight is 490 g/mol. The number of nitriles is 1. The van der Waals surface area contributed by atoms with Gasteiger partial charge in [-0.2, -0.15) is 5.26 Å². The molecule has 2 atom stereocenters. The largest absolute Gasteiger partial charge is 0.468 e. The first-order valence-corrected chi connectivity index (χ1v) is 11.1. The first-order valence-electron chi connectivity index (χ1n) is 9.32. The van der Waals surface area contributed by atoms with Crippen molar-refractivity contribution < 1.29 is 19.1 Å². The summed E-state index contributed by atoms with van der Waals surface area (Å²) in [6, 6.07) is 15.7. The number of amides is 2. The Labute approximate surface area is 198 Å². The van der Waals surface area contributed by atoms with E-state index >= 15 is 0 Å². The molecule has 3 rings (SSSR count). The van der Waals surface area contributed by atoms with Crippen molar-refractivity contribution in [1.29, 1.82) is 5.26 Å². The Bertz CT molecular complexity index is 1130. The number of nitrogens with one attached hydrogen (secondary N) is 2. The lowest BCUT2D eigenvalue weighted by molar-refractivity contribution is -0.150. The number of carbonyl (C=O) groups excluding carboxylic acids is 3. The number of anilines is 1. The van der Waals surface area contributed by atoms with E-state index in [2.05, 4.69) is 16.7 Å². The van der Waals surface area contributed by atoms with Crippen LogP contribution in [0.1, 0.15) is 11.5 Å². The van der Waals surface area contributed by atoms with E-state index in [0.717, 1.165) is 11.8 Å². The van der Waals surface area contributed by atoms with E-state index in [1.54, 1.807) is 48.5 Å². The smallest absolute Gasteiger partial charge is 0.319 e. The number of methoxy groups -OCH3 is 1. The van der Waals surface area contributed by atoms with Gasteiger partial charge in [0.25, 0.3) is 0 Å². The highest BCUT2D eigenvalue weighted by Crippen LogP contribution is 2.40. The summed E-state index contributed by atoms with van der Waals surface area (Å²) in [4.78, 5) is 37.6. The van der Waals surface area contributed by atoms with Crippen molar-refractivity contribution in [3.63, 3.8) is 0 Å². The van der Waals surface area contributed by atoms with Gasteiger partial charge in [-0.1, -0.05) is 71.4 Å². The SMILES string of the molecule is COC(=O)[C@@H]1C(=O)NC(SCC(=O)Nc2cccc(Cl)c2Cl)=C(C#N)[C@H]1c1ccccc1. The molecular formula is C22H17Cl2N3O4S. The van der Waals surface area contributed by atoms with Gasteiger partial charge in [0.1, 0.15) is 5.92 Å². The third-order valence-electron chi connectivity index (χ3n) is 4.72. The van der Waals surface area contributed by atoms with Gasteiger partial charge in [-0.3, -0.25) is 14.4 Å². The molecule has 0 radical (unpaired) electrons. The number of rotatable bonds is 6. The maximum atomic E-state index is 12.8. The highest BCUT2D eigenvalue weighted by molar-refractivity contribution is 8.03. The van der Waals surface area contributed by atoms with E-state index in [0.29, 0.717) is 16.3 Å². The van der Waals surface area contributed by atoms with E-state index in [4.69, 9.17) is 27.9 Å². The fourth-order valence-electron chi connectivity index (χ4n) is 3.26. The lowest BCUT2D eigenvalue weighted by Crippen LogP contribution is -2.44. The Kier molecular flexibility index (Phi) is 7.80.